The average Bonchev–Trinajstić information content (AvgIpc) is 3.12. The van der Waals surface area contributed by atoms with E-state index in [1.54, 1.807) is 12.2 Å². The summed E-state index contributed by atoms with van der Waals surface area (Å²) in [7, 11) is 0. The molecule has 0 spiro atoms. The van der Waals surface area contributed by atoms with Gasteiger partial charge in [0.1, 0.15) is 0 Å². The number of nitrogens with one attached hydrogen (secondary N) is 1. The number of aryl methyl sites for hydroxylation is 2. The molecule has 130 valence electrons. The molecule has 0 aromatic heterocycles. The summed E-state index contributed by atoms with van der Waals surface area (Å²) in [6, 6.07) is 12.1. The monoisotopic (exact) mass is 337 g/mol. The number of ether oxygens (including phenoxy) is 2. The molecule has 1 heterocycles. The minimum absolute atomic E-state index is 0.110. The molecule has 2 aromatic rings. The van der Waals surface area contributed by atoms with Gasteiger partial charge < -0.3 is 14.8 Å². The summed E-state index contributed by atoms with van der Waals surface area (Å²) in [4.78, 5) is 12.1. The molecule has 0 saturated heterocycles. The van der Waals surface area contributed by atoms with Gasteiger partial charge in [0, 0.05) is 12.6 Å². The summed E-state index contributed by atoms with van der Waals surface area (Å²) in [5, 5.41) is 2.97. The second-order valence-electron chi connectivity index (χ2n) is 5.97. The van der Waals surface area contributed by atoms with Gasteiger partial charge in [-0.2, -0.15) is 0 Å². The van der Waals surface area contributed by atoms with Crippen molar-refractivity contribution in [3.05, 3.63) is 64.7 Å². The molecule has 25 heavy (non-hydrogen) atoms. The standard InChI is InChI=1S/C21H23NO3/c1-3-15-5-8-17(4-2)18(11-15)13-22-21(23)10-7-16-6-9-19-20(12-16)25-14-24-19/h5-12H,3-4,13-14H2,1-2H3,(H,22,23)/b10-7+. The van der Waals surface area contributed by atoms with Crippen LogP contribution in [0.1, 0.15) is 36.1 Å². The van der Waals surface area contributed by atoms with E-state index in [2.05, 4.69) is 37.4 Å². The first kappa shape index (κ1) is 17.1. The molecule has 0 bridgehead atoms. The van der Waals surface area contributed by atoms with E-state index in [9.17, 15) is 4.79 Å². The molecule has 0 unspecified atom stereocenters. The summed E-state index contributed by atoms with van der Waals surface area (Å²) < 4.78 is 10.6. The number of amides is 1. The van der Waals surface area contributed by atoms with E-state index < -0.39 is 0 Å². The first-order chi connectivity index (χ1) is 12.2. The highest BCUT2D eigenvalue weighted by Crippen LogP contribution is 2.32. The van der Waals surface area contributed by atoms with Gasteiger partial charge in [-0.15, -0.1) is 0 Å². The van der Waals surface area contributed by atoms with Gasteiger partial charge in [-0.1, -0.05) is 38.1 Å². The molecule has 0 atom stereocenters. The topological polar surface area (TPSA) is 47.6 Å². The minimum Gasteiger partial charge on any atom is -0.454 e. The molecular formula is C21H23NO3. The third-order valence-electron chi connectivity index (χ3n) is 4.34. The fraction of sp³-hybridized carbons (Fsp3) is 0.286. The number of hydrogen-bond acceptors (Lipinski definition) is 3. The van der Waals surface area contributed by atoms with Crippen LogP contribution in [-0.4, -0.2) is 12.7 Å². The number of benzene rings is 2. The van der Waals surface area contributed by atoms with E-state index in [0.29, 0.717) is 12.3 Å². The minimum atomic E-state index is -0.110. The third-order valence-corrected chi connectivity index (χ3v) is 4.34. The van der Waals surface area contributed by atoms with Crippen molar-refractivity contribution in [3.8, 4) is 11.5 Å². The molecule has 1 aliphatic rings. The Morgan fingerprint density at radius 3 is 2.68 bits per heavy atom. The Morgan fingerprint density at radius 1 is 1.04 bits per heavy atom. The quantitative estimate of drug-likeness (QED) is 0.814. The highest BCUT2D eigenvalue weighted by atomic mass is 16.7. The maximum absolute atomic E-state index is 12.1. The lowest BCUT2D eigenvalue weighted by atomic mass is 10.0. The van der Waals surface area contributed by atoms with Crippen molar-refractivity contribution in [2.45, 2.75) is 33.2 Å². The van der Waals surface area contributed by atoms with Gasteiger partial charge in [0.2, 0.25) is 12.7 Å². The fourth-order valence-electron chi connectivity index (χ4n) is 2.84. The Morgan fingerprint density at radius 2 is 1.88 bits per heavy atom. The number of rotatable bonds is 6. The van der Waals surface area contributed by atoms with E-state index in [1.807, 2.05) is 18.2 Å². The molecular weight excluding hydrogens is 314 g/mol. The zero-order valence-electron chi connectivity index (χ0n) is 14.7. The Hall–Kier alpha value is -2.75. The van der Waals surface area contributed by atoms with E-state index in [-0.39, 0.29) is 12.7 Å². The first-order valence-electron chi connectivity index (χ1n) is 8.65. The van der Waals surface area contributed by atoms with Crippen LogP contribution in [0.3, 0.4) is 0 Å². The maximum Gasteiger partial charge on any atom is 0.244 e. The smallest absolute Gasteiger partial charge is 0.244 e. The van der Waals surface area contributed by atoms with E-state index in [1.165, 1.54) is 16.7 Å². The molecule has 1 aliphatic heterocycles. The lowest BCUT2D eigenvalue weighted by Crippen LogP contribution is -2.21. The van der Waals surface area contributed by atoms with Crippen LogP contribution >= 0.6 is 0 Å². The molecule has 1 amide bonds. The molecule has 0 fully saturated rings. The Balaban J connectivity index is 1.61. The van der Waals surface area contributed by atoms with Gasteiger partial charge in [-0.05, 0) is 53.3 Å². The number of fused-ring (bicyclic) bond motifs is 1. The van der Waals surface area contributed by atoms with Crippen LogP contribution in [0, 0.1) is 0 Å². The molecule has 3 rings (SSSR count). The number of carbonyl (C=O) groups excluding carboxylic acids is 1. The third kappa shape index (κ3) is 4.21. The molecule has 4 nitrogen and oxygen atoms in total. The average molecular weight is 337 g/mol. The summed E-state index contributed by atoms with van der Waals surface area (Å²) >= 11 is 0. The largest absolute Gasteiger partial charge is 0.454 e. The van der Waals surface area contributed by atoms with Crippen molar-refractivity contribution in [2.24, 2.45) is 0 Å². The van der Waals surface area contributed by atoms with Crippen LogP contribution in [0.15, 0.2) is 42.5 Å². The second kappa shape index (κ2) is 7.88. The maximum atomic E-state index is 12.1. The number of hydrogen-bond donors (Lipinski definition) is 1. The molecule has 0 aliphatic carbocycles. The first-order valence-corrected chi connectivity index (χ1v) is 8.65. The Kier molecular flexibility index (Phi) is 5.39. The van der Waals surface area contributed by atoms with Crippen molar-refractivity contribution in [2.75, 3.05) is 6.79 Å². The second-order valence-corrected chi connectivity index (χ2v) is 5.97. The molecule has 1 N–H and O–H groups in total. The zero-order valence-corrected chi connectivity index (χ0v) is 14.7. The van der Waals surface area contributed by atoms with Crippen molar-refractivity contribution < 1.29 is 14.3 Å². The van der Waals surface area contributed by atoms with Crippen LogP contribution in [0.25, 0.3) is 6.08 Å². The molecule has 0 saturated carbocycles. The van der Waals surface area contributed by atoms with Crippen molar-refractivity contribution in [3.63, 3.8) is 0 Å². The predicted molar refractivity (Wildman–Crippen MR) is 98.6 cm³/mol. The van der Waals surface area contributed by atoms with E-state index >= 15 is 0 Å². The highest BCUT2D eigenvalue weighted by Gasteiger charge is 2.12. The fourth-order valence-corrected chi connectivity index (χ4v) is 2.84. The van der Waals surface area contributed by atoms with Crippen LogP contribution < -0.4 is 14.8 Å². The zero-order chi connectivity index (χ0) is 17.6. The van der Waals surface area contributed by atoms with Crippen LogP contribution in [0.5, 0.6) is 11.5 Å². The van der Waals surface area contributed by atoms with E-state index in [4.69, 9.17) is 9.47 Å². The summed E-state index contributed by atoms with van der Waals surface area (Å²) in [5.41, 5.74) is 4.66. The lowest BCUT2D eigenvalue weighted by molar-refractivity contribution is -0.116. The van der Waals surface area contributed by atoms with Gasteiger partial charge in [0.15, 0.2) is 11.5 Å². The Bertz CT molecular complexity index is 796. The van der Waals surface area contributed by atoms with E-state index in [0.717, 1.165) is 24.2 Å². The predicted octanol–water partition coefficient (Wildman–Crippen LogP) is 3.87. The van der Waals surface area contributed by atoms with Gasteiger partial charge in [-0.3, -0.25) is 4.79 Å². The van der Waals surface area contributed by atoms with Gasteiger partial charge in [0.25, 0.3) is 0 Å². The van der Waals surface area contributed by atoms with Crippen molar-refractivity contribution in [1.29, 1.82) is 0 Å². The van der Waals surface area contributed by atoms with Crippen LogP contribution in [0.4, 0.5) is 0 Å². The van der Waals surface area contributed by atoms with Crippen LogP contribution in [0.2, 0.25) is 0 Å². The number of carbonyl (C=O) groups is 1. The highest BCUT2D eigenvalue weighted by molar-refractivity contribution is 5.91. The van der Waals surface area contributed by atoms with Crippen LogP contribution in [-0.2, 0) is 24.2 Å². The van der Waals surface area contributed by atoms with Gasteiger partial charge in [0.05, 0.1) is 0 Å². The summed E-state index contributed by atoms with van der Waals surface area (Å²) in [6.45, 7) is 5.06. The van der Waals surface area contributed by atoms with Gasteiger partial charge >= 0.3 is 0 Å². The van der Waals surface area contributed by atoms with Crippen molar-refractivity contribution in [1.82, 2.24) is 5.32 Å². The summed E-state index contributed by atoms with van der Waals surface area (Å²) in [5.74, 6) is 1.35. The summed E-state index contributed by atoms with van der Waals surface area (Å²) in [6.07, 6.45) is 5.28. The lowest BCUT2D eigenvalue weighted by Gasteiger charge is -2.10. The van der Waals surface area contributed by atoms with Gasteiger partial charge in [-0.25, -0.2) is 0 Å². The Labute approximate surface area is 148 Å². The SMILES string of the molecule is CCc1ccc(CC)c(CNC(=O)/C=C/c2ccc3c(c2)OCO3)c1. The molecule has 4 heteroatoms. The molecule has 0 radical (unpaired) electrons. The van der Waals surface area contributed by atoms with Crippen molar-refractivity contribution >= 4 is 12.0 Å². The molecule has 2 aromatic carbocycles. The normalized spacial score (nSPS) is 12.6.